The highest BCUT2D eigenvalue weighted by Gasteiger charge is 2.15. The summed E-state index contributed by atoms with van der Waals surface area (Å²) in [4.78, 5) is 16.6. The molecular formula is C19H16FN7O. The summed E-state index contributed by atoms with van der Waals surface area (Å²) in [6, 6.07) is 11.3. The van der Waals surface area contributed by atoms with Gasteiger partial charge in [-0.1, -0.05) is 5.21 Å². The molecule has 4 rings (SSSR count). The molecule has 0 bridgehead atoms. The molecule has 1 amide bonds. The Morgan fingerprint density at radius 2 is 2.04 bits per heavy atom. The van der Waals surface area contributed by atoms with Crippen LogP contribution in [-0.4, -0.2) is 35.7 Å². The summed E-state index contributed by atoms with van der Waals surface area (Å²) in [5.74, 6) is -0.615. The fourth-order valence-corrected chi connectivity index (χ4v) is 2.70. The van der Waals surface area contributed by atoms with Gasteiger partial charge in [-0.2, -0.15) is 5.10 Å². The minimum atomic E-state index is -0.322. The van der Waals surface area contributed by atoms with E-state index in [1.807, 2.05) is 6.07 Å². The zero-order chi connectivity index (χ0) is 19.5. The maximum atomic E-state index is 13.1. The number of carbonyl (C=O) groups excluding carboxylic acids is 1. The summed E-state index contributed by atoms with van der Waals surface area (Å²) in [6.45, 7) is 0.218. The topological polar surface area (TPSA) is 90.5 Å². The Morgan fingerprint density at radius 3 is 2.79 bits per heavy atom. The normalized spacial score (nSPS) is 10.8. The summed E-state index contributed by atoms with van der Waals surface area (Å²) in [6.07, 6.45) is 5.07. The van der Waals surface area contributed by atoms with Crippen molar-refractivity contribution in [2.75, 3.05) is 0 Å². The number of halogens is 1. The SMILES string of the molecule is Cn1nc(-c2ccc(F)cc2)cc1C(=O)NCc1cn(-c2cccnc2)nn1. The average Bonchev–Trinajstić information content (AvgIpc) is 3.34. The number of aryl methyl sites for hydroxylation is 1. The van der Waals surface area contributed by atoms with Crippen molar-refractivity contribution in [1.29, 1.82) is 0 Å². The van der Waals surface area contributed by atoms with Crippen LogP contribution in [-0.2, 0) is 13.6 Å². The molecule has 0 fully saturated rings. The number of nitrogens with one attached hydrogen (secondary N) is 1. The predicted molar refractivity (Wildman–Crippen MR) is 98.9 cm³/mol. The fourth-order valence-electron chi connectivity index (χ4n) is 2.70. The molecule has 9 heteroatoms. The third-order valence-corrected chi connectivity index (χ3v) is 4.13. The van der Waals surface area contributed by atoms with Gasteiger partial charge in [-0.3, -0.25) is 14.5 Å². The van der Waals surface area contributed by atoms with E-state index in [-0.39, 0.29) is 18.3 Å². The Morgan fingerprint density at radius 1 is 1.21 bits per heavy atom. The van der Waals surface area contributed by atoms with E-state index in [0.29, 0.717) is 17.1 Å². The van der Waals surface area contributed by atoms with Crippen molar-refractivity contribution in [2.45, 2.75) is 6.54 Å². The molecule has 0 aliphatic rings. The van der Waals surface area contributed by atoms with Crippen LogP contribution in [0, 0.1) is 5.82 Å². The highest BCUT2D eigenvalue weighted by atomic mass is 19.1. The maximum absolute atomic E-state index is 13.1. The molecule has 1 aromatic carbocycles. The number of rotatable bonds is 5. The predicted octanol–water partition coefficient (Wildman–Crippen LogP) is 2.13. The van der Waals surface area contributed by atoms with E-state index in [2.05, 4.69) is 25.7 Å². The highest BCUT2D eigenvalue weighted by Crippen LogP contribution is 2.19. The van der Waals surface area contributed by atoms with Crippen LogP contribution in [0.15, 0.2) is 61.1 Å². The quantitative estimate of drug-likeness (QED) is 0.575. The van der Waals surface area contributed by atoms with Gasteiger partial charge in [-0.05, 0) is 42.5 Å². The lowest BCUT2D eigenvalue weighted by atomic mass is 10.1. The first kappa shape index (κ1) is 17.5. The number of amides is 1. The number of aromatic nitrogens is 6. The lowest BCUT2D eigenvalue weighted by molar-refractivity contribution is 0.0941. The number of hydrogen-bond donors (Lipinski definition) is 1. The Balaban J connectivity index is 1.44. The summed E-state index contributed by atoms with van der Waals surface area (Å²) >= 11 is 0. The van der Waals surface area contributed by atoms with Crippen LogP contribution >= 0.6 is 0 Å². The van der Waals surface area contributed by atoms with Crippen LogP contribution in [0.4, 0.5) is 4.39 Å². The van der Waals surface area contributed by atoms with Crippen molar-refractivity contribution in [1.82, 2.24) is 35.1 Å². The lowest BCUT2D eigenvalue weighted by Crippen LogP contribution is -2.25. The second-order valence-electron chi connectivity index (χ2n) is 6.09. The molecule has 0 radical (unpaired) electrons. The van der Waals surface area contributed by atoms with E-state index in [9.17, 15) is 9.18 Å². The zero-order valence-electron chi connectivity index (χ0n) is 15.0. The summed E-state index contributed by atoms with van der Waals surface area (Å²) in [7, 11) is 1.68. The van der Waals surface area contributed by atoms with Gasteiger partial charge in [0.15, 0.2) is 0 Å². The Labute approximate surface area is 159 Å². The summed E-state index contributed by atoms with van der Waals surface area (Å²) in [5, 5.41) is 15.2. The molecule has 0 saturated heterocycles. The molecular weight excluding hydrogens is 361 g/mol. The number of pyridine rings is 1. The summed E-state index contributed by atoms with van der Waals surface area (Å²) in [5.41, 5.74) is 3.10. The molecule has 140 valence electrons. The molecule has 28 heavy (non-hydrogen) atoms. The van der Waals surface area contributed by atoms with Crippen molar-refractivity contribution >= 4 is 5.91 Å². The molecule has 8 nitrogen and oxygen atoms in total. The van der Waals surface area contributed by atoms with Crippen LogP contribution in [0.5, 0.6) is 0 Å². The van der Waals surface area contributed by atoms with E-state index < -0.39 is 0 Å². The van der Waals surface area contributed by atoms with E-state index >= 15 is 0 Å². The van der Waals surface area contributed by atoms with Crippen LogP contribution < -0.4 is 5.32 Å². The Hall–Kier alpha value is -3.88. The van der Waals surface area contributed by atoms with Gasteiger partial charge in [-0.25, -0.2) is 9.07 Å². The van der Waals surface area contributed by atoms with Gasteiger partial charge < -0.3 is 5.32 Å². The molecule has 0 aliphatic heterocycles. The molecule has 3 heterocycles. The van der Waals surface area contributed by atoms with Gasteiger partial charge in [0.2, 0.25) is 0 Å². The minimum absolute atomic E-state index is 0.218. The number of benzene rings is 1. The maximum Gasteiger partial charge on any atom is 0.269 e. The first-order valence-corrected chi connectivity index (χ1v) is 8.50. The molecule has 0 saturated carbocycles. The van der Waals surface area contributed by atoms with Crippen molar-refractivity contribution < 1.29 is 9.18 Å². The van der Waals surface area contributed by atoms with Crippen molar-refractivity contribution in [3.63, 3.8) is 0 Å². The lowest BCUT2D eigenvalue weighted by Gasteiger charge is -2.02. The molecule has 0 atom stereocenters. The van der Waals surface area contributed by atoms with Crippen LogP contribution in [0.25, 0.3) is 16.9 Å². The number of hydrogen-bond acceptors (Lipinski definition) is 5. The first-order valence-electron chi connectivity index (χ1n) is 8.50. The number of nitrogens with zero attached hydrogens (tertiary/aromatic N) is 6. The van der Waals surface area contributed by atoms with Gasteiger partial charge in [0, 0.05) is 18.8 Å². The molecule has 4 aromatic rings. The van der Waals surface area contributed by atoms with Gasteiger partial charge in [0.25, 0.3) is 5.91 Å². The molecule has 0 spiro atoms. The Bertz CT molecular complexity index is 1100. The average molecular weight is 377 g/mol. The second-order valence-corrected chi connectivity index (χ2v) is 6.09. The summed E-state index contributed by atoms with van der Waals surface area (Å²) < 4.78 is 16.2. The molecule has 3 aromatic heterocycles. The first-order chi connectivity index (χ1) is 13.6. The molecule has 0 aliphatic carbocycles. The second kappa shape index (κ2) is 7.39. The van der Waals surface area contributed by atoms with Crippen molar-refractivity contribution in [2.24, 2.45) is 7.05 Å². The third kappa shape index (κ3) is 3.63. The molecule has 0 unspecified atom stereocenters. The van der Waals surface area contributed by atoms with Crippen molar-refractivity contribution in [3.05, 3.63) is 78.3 Å². The molecule has 1 N–H and O–H groups in total. The highest BCUT2D eigenvalue weighted by molar-refractivity contribution is 5.93. The minimum Gasteiger partial charge on any atom is -0.345 e. The van der Waals surface area contributed by atoms with Crippen LogP contribution in [0.3, 0.4) is 0 Å². The van der Waals surface area contributed by atoms with Crippen LogP contribution in [0.2, 0.25) is 0 Å². The van der Waals surface area contributed by atoms with E-state index in [4.69, 9.17) is 0 Å². The van der Waals surface area contributed by atoms with Gasteiger partial charge in [0.1, 0.15) is 17.2 Å². The third-order valence-electron chi connectivity index (χ3n) is 4.13. The standard InChI is InChI=1S/C19H16FN7O/c1-26-18(9-17(24-26)13-4-6-14(20)7-5-13)19(28)22-10-15-12-27(25-23-15)16-3-2-8-21-11-16/h2-9,11-12H,10H2,1H3,(H,22,28). The fraction of sp³-hybridized carbons (Fsp3) is 0.105. The van der Waals surface area contributed by atoms with E-state index in [0.717, 1.165) is 11.3 Å². The largest absolute Gasteiger partial charge is 0.345 e. The Kier molecular flexibility index (Phi) is 4.63. The monoisotopic (exact) mass is 377 g/mol. The van der Waals surface area contributed by atoms with E-state index in [1.54, 1.807) is 54.6 Å². The smallest absolute Gasteiger partial charge is 0.269 e. The zero-order valence-corrected chi connectivity index (χ0v) is 15.0. The van der Waals surface area contributed by atoms with Gasteiger partial charge >= 0.3 is 0 Å². The van der Waals surface area contributed by atoms with Gasteiger partial charge in [0.05, 0.1) is 30.3 Å². The number of carbonyl (C=O) groups is 1. The van der Waals surface area contributed by atoms with Gasteiger partial charge in [-0.15, -0.1) is 5.10 Å². The van der Waals surface area contributed by atoms with Crippen LogP contribution in [0.1, 0.15) is 16.2 Å². The van der Waals surface area contributed by atoms with Crippen molar-refractivity contribution in [3.8, 4) is 16.9 Å². The van der Waals surface area contributed by atoms with E-state index in [1.165, 1.54) is 16.8 Å².